The van der Waals surface area contributed by atoms with Gasteiger partial charge in [0, 0.05) is 11.8 Å². The van der Waals surface area contributed by atoms with E-state index in [2.05, 4.69) is 62.5 Å². The van der Waals surface area contributed by atoms with Gasteiger partial charge in [-0.2, -0.15) is 0 Å². The summed E-state index contributed by atoms with van der Waals surface area (Å²) in [6, 6.07) is 11.2. The average Bonchev–Trinajstić information content (AvgIpc) is 2.71. The van der Waals surface area contributed by atoms with Crippen molar-refractivity contribution in [2.24, 2.45) is 5.41 Å². The van der Waals surface area contributed by atoms with Crippen LogP contribution >= 0.6 is 0 Å². The van der Waals surface area contributed by atoms with Crippen molar-refractivity contribution in [3.8, 4) is 0 Å². The fourth-order valence-electron chi connectivity index (χ4n) is 2.90. The van der Waals surface area contributed by atoms with Crippen molar-refractivity contribution in [2.75, 3.05) is 0 Å². The van der Waals surface area contributed by atoms with E-state index >= 15 is 0 Å². The molecule has 1 aliphatic heterocycles. The lowest BCUT2D eigenvalue weighted by atomic mass is 9.77. The number of hydrogen-bond donors (Lipinski definition) is 1. The lowest BCUT2D eigenvalue weighted by Crippen LogP contribution is -2.41. The Hall–Kier alpha value is -1.50. The first-order valence-electron chi connectivity index (χ1n) is 6.73. The molecule has 1 aliphatic carbocycles. The van der Waals surface area contributed by atoms with Crippen molar-refractivity contribution in [1.29, 1.82) is 0 Å². The van der Waals surface area contributed by atoms with E-state index in [1.54, 1.807) is 0 Å². The molecule has 1 unspecified atom stereocenters. The SMILES string of the molecule is CC(C)(C)C1NC2=[C]C(=C1c1ccccc1)CC2. The summed E-state index contributed by atoms with van der Waals surface area (Å²) in [4.78, 5) is 0. The maximum atomic E-state index is 3.68. The molecule has 0 aromatic heterocycles. The Morgan fingerprint density at radius 1 is 1.11 bits per heavy atom. The van der Waals surface area contributed by atoms with Crippen molar-refractivity contribution in [3.05, 3.63) is 53.2 Å². The van der Waals surface area contributed by atoms with Crippen LogP contribution in [-0.4, -0.2) is 6.04 Å². The summed E-state index contributed by atoms with van der Waals surface area (Å²) in [6.07, 6.45) is 5.79. The van der Waals surface area contributed by atoms with Crippen LogP contribution in [0.1, 0.15) is 39.2 Å². The fraction of sp³-hybridized carbons (Fsp3) is 0.412. The topological polar surface area (TPSA) is 12.0 Å². The van der Waals surface area contributed by atoms with Gasteiger partial charge in [0.25, 0.3) is 0 Å². The highest BCUT2D eigenvalue weighted by molar-refractivity contribution is 5.77. The fourth-order valence-corrected chi connectivity index (χ4v) is 2.90. The summed E-state index contributed by atoms with van der Waals surface area (Å²) in [5.41, 5.74) is 5.71. The summed E-state index contributed by atoms with van der Waals surface area (Å²) in [6.45, 7) is 6.92. The highest BCUT2D eigenvalue weighted by atomic mass is 15.0. The van der Waals surface area contributed by atoms with Gasteiger partial charge >= 0.3 is 0 Å². The van der Waals surface area contributed by atoms with E-state index in [4.69, 9.17) is 0 Å². The van der Waals surface area contributed by atoms with Crippen LogP contribution < -0.4 is 5.32 Å². The third-order valence-electron chi connectivity index (χ3n) is 3.81. The zero-order chi connectivity index (χ0) is 12.8. The van der Waals surface area contributed by atoms with Crippen LogP contribution in [0.3, 0.4) is 0 Å². The summed E-state index contributed by atoms with van der Waals surface area (Å²) in [5, 5.41) is 3.68. The highest BCUT2D eigenvalue weighted by Gasteiger charge is 2.35. The number of hydrogen-bond acceptors (Lipinski definition) is 1. The van der Waals surface area contributed by atoms with Crippen molar-refractivity contribution in [3.63, 3.8) is 0 Å². The Morgan fingerprint density at radius 3 is 2.50 bits per heavy atom. The summed E-state index contributed by atoms with van der Waals surface area (Å²) in [7, 11) is 0. The molecule has 2 bridgehead atoms. The minimum Gasteiger partial charge on any atom is -0.380 e. The maximum Gasteiger partial charge on any atom is 0.0568 e. The van der Waals surface area contributed by atoms with Gasteiger partial charge in [-0.1, -0.05) is 51.1 Å². The molecule has 0 spiro atoms. The molecular formula is C17H20N. The van der Waals surface area contributed by atoms with Crippen LogP contribution in [0.15, 0.2) is 41.6 Å². The smallest absolute Gasteiger partial charge is 0.0568 e. The van der Waals surface area contributed by atoms with Crippen LogP contribution in [0, 0.1) is 11.5 Å². The van der Waals surface area contributed by atoms with Gasteiger partial charge in [0.2, 0.25) is 0 Å². The molecule has 0 fully saturated rings. The molecule has 1 atom stereocenters. The van der Waals surface area contributed by atoms with Crippen LogP contribution in [0.5, 0.6) is 0 Å². The normalized spacial score (nSPS) is 22.8. The predicted octanol–water partition coefficient (Wildman–Crippen LogP) is 3.94. The molecule has 0 amide bonds. The van der Waals surface area contributed by atoms with Gasteiger partial charge in [0.15, 0.2) is 0 Å². The molecule has 1 N–H and O–H groups in total. The van der Waals surface area contributed by atoms with Crippen LogP contribution in [0.2, 0.25) is 0 Å². The third-order valence-corrected chi connectivity index (χ3v) is 3.81. The average molecular weight is 238 g/mol. The molecule has 1 nitrogen and oxygen atoms in total. The van der Waals surface area contributed by atoms with Crippen LogP contribution in [0.25, 0.3) is 5.57 Å². The highest BCUT2D eigenvalue weighted by Crippen LogP contribution is 2.41. The van der Waals surface area contributed by atoms with E-state index in [0.717, 1.165) is 12.8 Å². The summed E-state index contributed by atoms with van der Waals surface area (Å²) < 4.78 is 0. The first kappa shape index (κ1) is 11.6. The third kappa shape index (κ3) is 1.88. The molecule has 0 saturated heterocycles. The molecule has 1 heteroatoms. The number of dihydropyridines is 1. The molecule has 1 heterocycles. The van der Waals surface area contributed by atoms with Gasteiger partial charge in [-0.15, -0.1) is 0 Å². The second-order valence-electron chi connectivity index (χ2n) is 6.31. The zero-order valence-electron chi connectivity index (χ0n) is 11.4. The van der Waals surface area contributed by atoms with Crippen molar-refractivity contribution in [2.45, 2.75) is 39.7 Å². The standard InChI is InChI=1S/C17H20N/c1-17(2,3)16-15(12-7-5-4-6-8-12)13-9-10-14(11-13)18-16/h4-8,16,18H,9-10H2,1-3H3. The molecule has 1 aromatic rings. The van der Waals surface area contributed by atoms with Crippen molar-refractivity contribution in [1.82, 2.24) is 5.32 Å². The molecule has 1 aromatic carbocycles. The van der Waals surface area contributed by atoms with E-state index in [1.165, 1.54) is 22.4 Å². The number of benzene rings is 1. The Morgan fingerprint density at radius 2 is 1.83 bits per heavy atom. The minimum atomic E-state index is 0.216. The Labute approximate surface area is 110 Å². The minimum absolute atomic E-state index is 0.216. The van der Waals surface area contributed by atoms with E-state index in [-0.39, 0.29) is 5.41 Å². The van der Waals surface area contributed by atoms with Crippen molar-refractivity contribution < 1.29 is 0 Å². The maximum absolute atomic E-state index is 3.68. The van der Waals surface area contributed by atoms with E-state index in [0.29, 0.717) is 6.04 Å². The van der Waals surface area contributed by atoms with E-state index in [9.17, 15) is 0 Å². The van der Waals surface area contributed by atoms with Gasteiger partial charge in [-0.25, -0.2) is 0 Å². The number of rotatable bonds is 1. The number of nitrogens with one attached hydrogen (secondary N) is 1. The van der Waals surface area contributed by atoms with Gasteiger partial charge in [0.05, 0.1) is 6.04 Å². The molecule has 18 heavy (non-hydrogen) atoms. The lowest BCUT2D eigenvalue weighted by Gasteiger charge is -2.36. The van der Waals surface area contributed by atoms with Crippen molar-refractivity contribution >= 4 is 5.57 Å². The Kier molecular flexibility index (Phi) is 2.58. The van der Waals surface area contributed by atoms with Gasteiger partial charge < -0.3 is 5.32 Å². The van der Waals surface area contributed by atoms with Gasteiger partial charge in [-0.3, -0.25) is 0 Å². The largest absolute Gasteiger partial charge is 0.380 e. The van der Waals surface area contributed by atoms with Crippen LogP contribution in [0.4, 0.5) is 0 Å². The lowest BCUT2D eigenvalue weighted by molar-refractivity contribution is 0.336. The molecule has 2 aliphatic rings. The summed E-state index contributed by atoms with van der Waals surface area (Å²) >= 11 is 0. The molecular weight excluding hydrogens is 218 g/mol. The first-order valence-corrected chi connectivity index (χ1v) is 6.73. The van der Waals surface area contributed by atoms with E-state index in [1.807, 2.05) is 0 Å². The molecule has 3 rings (SSSR count). The zero-order valence-corrected chi connectivity index (χ0v) is 11.4. The Bertz CT molecular complexity index is 514. The Balaban J connectivity index is 2.12. The molecule has 0 saturated carbocycles. The summed E-state index contributed by atoms with van der Waals surface area (Å²) in [5.74, 6) is 0. The first-order chi connectivity index (χ1) is 8.55. The molecule has 93 valence electrons. The number of fused-ring (bicyclic) bond motifs is 1. The predicted molar refractivity (Wildman–Crippen MR) is 75.7 cm³/mol. The monoisotopic (exact) mass is 238 g/mol. The second-order valence-corrected chi connectivity index (χ2v) is 6.31. The van der Waals surface area contributed by atoms with Gasteiger partial charge in [0.1, 0.15) is 0 Å². The van der Waals surface area contributed by atoms with Crippen LogP contribution in [-0.2, 0) is 0 Å². The van der Waals surface area contributed by atoms with Gasteiger partial charge in [-0.05, 0) is 35.0 Å². The molecule has 1 radical (unpaired) electrons. The second kappa shape index (κ2) is 4.01. The quantitative estimate of drug-likeness (QED) is 0.781. The number of allylic oxidation sites excluding steroid dienone is 3. The van der Waals surface area contributed by atoms with E-state index < -0.39 is 0 Å².